The van der Waals surface area contributed by atoms with Crippen LogP contribution in [0.5, 0.6) is 0 Å². The third kappa shape index (κ3) is 6.50. The van der Waals surface area contributed by atoms with Crippen molar-refractivity contribution in [3.63, 3.8) is 0 Å². The summed E-state index contributed by atoms with van der Waals surface area (Å²) in [7, 11) is 0. The smallest absolute Gasteiger partial charge is 0.0349 e. The average molecular weight is 669 g/mol. The van der Waals surface area contributed by atoms with Gasteiger partial charge in [-0.15, -0.1) is 0 Å². The van der Waals surface area contributed by atoms with Crippen molar-refractivity contribution < 1.29 is 0 Å². The first-order valence-corrected chi connectivity index (χ1v) is 24.3. The van der Waals surface area contributed by atoms with Gasteiger partial charge in [-0.3, -0.25) is 0 Å². The summed E-state index contributed by atoms with van der Waals surface area (Å²) in [6, 6.07) is 0. The fourth-order valence-electron chi connectivity index (χ4n) is 18.5. The van der Waals surface area contributed by atoms with Crippen LogP contribution in [0, 0.1) is 107 Å². The average Bonchev–Trinajstić information content (AvgIpc) is 3.54. The van der Waals surface area contributed by atoms with Crippen LogP contribution in [0.3, 0.4) is 0 Å². The molecule has 0 heterocycles. The van der Waals surface area contributed by atoms with E-state index in [9.17, 15) is 0 Å². The molecule has 10 aliphatic rings. The molecule has 0 N–H and O–H groups in total. The minimum absolute atomic E-state index is 1.11. The molecule has 16 unspecified atom stereocenters. The number of fused-ring (bicyclic) bond motifs is 7. The fraction of sp³-hybridized carbons (Fsp3) is 1.00. The molecular formula is C49H80. The van der Waals surface area contributed by atoms with Crippen molar-refractivity contribution in [2.45, 2.75) is 199 Å². The molecule has 49 heavy (non-hydrogen) atoms. The lowest BCUT2D eigenvalue weighted by atomic mass is 9.49. The van der Waals surface area contributed by atoms with Crippen LogP contribution < -0.4 is 0 Å². The zero-order chi connectivity index (χ0) is 32.3. The van der Waals surface area contributed by atoms with E-state index in [0.717, 1.165) is 107 Å². The van der Waals surface area contributed by atoms with E-state index < -0.39 is 0 Å². The number of rotatable bonds is 4. The Labute approximate surface area is 304 Å². The summed E-state index contributed by atoms with van der Waals surface area (Å²) < 4.78 is 0. The molecule has 0 aromatic heterocycles. The quantitative estimate of drug-likeness (QED) is 0.280. The second-order valence-electron chi connectivity index (χ2n) is 22.2. The lowest BCUT2D eigenvalue weighted by Crippen LogP contribution is -2.48. The maximum Gasteiger partial charge on any atom is -0.0349 e. The van der Waals surface area contributed by atoms with Gasteiger partial charge in [-0.2, -0.15) is 0 Å². The molecule has 16 atom stereocenters. The summed E-state index contributed by atoms with van der Waals surface area (Å²) in [5, 5.41) is 0. The Kier molecular flexibility index (Phi) is 10.1. The Morgan fingerprint density at radius 2 is 0.449 bits per heavy atom. The molecule has 276 valence electrons. The van der Waals surface area contributed by atoms with Gasteiger partial charge in [0.05, 0.1) is 0 Å². The molecule has 0 saturated heterocycles. The van der Waals surface area contributed by atoms with Gasteiger partial charge in [-0.25, -0.2) is 0 Å². The monoisotopic (exact) mass is 669 g/mol. The van der Waals surface area contributed by atoms with E-state index in [1.807, 2.05) is 0 Å². The first-order valence-electron chi connectivity index (χ1n) is 24.3. The topological polar surface area (TPSA) is 0 Å². The highest BCUT2D eigenvalue weighted by Gasteiger charge is 2.57. The molecule has 0 bridgehead atoms. The summed E-state index contributed by atoms with van der Waals surface area (Å²) in [5.74, 6) is 20.3. The van der Waals surface area contributed by atoms with Gasteiger partial charge in [0, 0.05) is 0 Å². The molecule has 10 saturated carbocycles. The lowest BCUT2D eigenvalue weighted by Gasteiger charge is -2.56. The van der Waals surface area contributed by atoms with Crippen LogP contribution in [-0.4, -0.2) is 0 Å². The number of hydrogen-bond acceptors (Lipinski definition) is 0. The van der Waals surface area contributed by atoms with Gasteiger partial charge < -0.3 is 0 Å². The molecule has 10 aliphatic carbocycles. The third-order valence-corrected chi connectivity index (χ3v) is 20.4. The van der Waals surface area contributed by atoms with Gasteiger partial charge in [0.15, 0.2) is 0 Å². The maximum absolute atomic E-state index is 1.71. The second kappa shape index (κ2) is 14.7. The predicted molar refractivity (Wildman–Crippen MR) is 206 cm³/mol. The Hall–Kier alpha value is 0. The summed E-state index contributed by atoms with van der Waals surface area (Å²) in [5.41, 5.74) is 0. The summed E-state index contributed by atoms with van der Waals surface area (Å²) in [6.07, 6.45) is 50.2. The SMILES string of the molecule is C1CCC(C2CC(C3CC4CCCCC4C4CCCCC34)CC(C3CC(C4CCCCC4)CC4C5CC6CCCCC6CC5CC34)C2)CC1. The Balaban J connectivity index is 0.959. The van der Waals surface area contributed by atoms with Crippen LogP contribution in [0.4, 0.5) is 0 Å². The van der Waals surface area contributed by atoms with E-state index in [-0.39, 0.29) is 0 Å². The van der Waals surface area contributed by atoms with Gasteiger partial charge in [0.25, 0.3) is 0 Å². The minimum Gasteiger partial charge on any atom is -0.0533 e. The molecule has 0 nitrogen and oxygen atoms in total. The van der Waals surface area contributed by atoms with Crippen LogP contribution in [-0.2, 0) is 0 Å². The molecule has 10 rings (SSSR count). The first-order chi connectivity index (χ1) is 24.3. The normalized spacial score (nSPS) is 52.7. The molecule has 0 aromatic carbocycles. The lowest BCUT2D eigenvalue weighted by molar-refractivity contribution is -0.0685. The van der Waals surface area contributed by atoms with E-state index in [1.54, 1.807) is 199 Å². The minimum atomic E-state index is 1.11. The van der Waals surface area contributed by atoms with Crippen LogP contribution in [0.2, 0.25) is 0 Å². The van der Waals surface area contributed by atoms with Crippen LogP contribution in [0.25, 0.3) is 0 Å². The standard InChI is InChI=1S/C49H80/c1-3-13-32(14-4-1)37-24-39(45-28-36-19-9-10-20-42(36)43-21-11-12-22-44(43)45)26-40(25-37)47-29-38(33-15-5-2-6-16-33)30-48-46-27-35-18-8-7-17-34(35)23-41(46)31-49(47)48/h32-49H,1-31H2. The second-order valence-corrected chi connectivity index (χ2v) is 22.2. The van der Waals surface area contributed by atoms with Crippen molar-refractivity contribution in [2.75, 3.05) is 0 Å². The van der Waals surface area contributed by atoms with Gasteiger partial charge >= 0.3 is 0 Å². The van der Waals surface area contributed by atoms with Crippen LogP contribution in [0.1, 0.15) is 199 Å². The van der Waals surface area contributed by atoms with E-state index in [2.05, 4.69) is 0 Å². The van der Waals surface area contributed by atoms with Gasteiger partial charge in [-0.05, 0) is 184 Å². The summed E-state index contributed by atoms with van der Waals surface area (Å²) >= 11 is 0. The van der Waals surface area contributed by atoms with E-state index >= 15 is 0 Å². The third-order valence-electron chi connectivity index (χ3n) is 20.4. The van der Waals surface area contributed by atoms with Crippen molar-refractivity contribution >= 4 is 0 Å². The highest BCUT2D eigenvalue weighted by molar-refractivity contribution is 5.06. The van der Waals surface area contributed by atoms with Crippen LogP contribution >= 0.6 is 0 Å². The van der Waals surface area contributed by atoms with Crippen molar-refractivity contribution in [1.29, 1.82) is 0 Å². The van der Waals surface area contributed by atoms with Gasteiger partial charge in [0.1, 0.15) is 0 Å². The summed E-state index contributed by atoms with van der Waals surface area (Å²) in [4.78, 5) is 0. The molecule has 10 fully saturated rings. The molecule has 0 radical (unpaired) electrons. The maximum atomic E-state index is 1.71. The Morgan fingerprint density at radius 3 is 1.08 bits per heavy atom. The highest BCUT2D eigenvalue weighted by Crippen LogP contribution is 2.65. The largest absolute Gasteiger partial charge is 0.0533 e. The highest BCUT2D eigenvalue weighted by atomic mass is 14.6. The van der Waals surface area contributed by atoms with Gasteiger partial charge in [-0.1, -0.05) is 122 Å². The predicted octanol–water partition coefficient (Wildman–Crippen LogP) is 14.3. The van der Waals surface area contributed by atoms with Crippen molar-refractivity contribution in [1.82, 2.24) is 0 Å². The zero-order valence-electron chi connectivity index (χ0n) is 32.3. The van der Waals surface area contributed by atoms with E-state index in [0.29, 0.717) is 0 Å². The Morgan fingerprint density at radius 1 is 0.143 bits per heavy atom. The number of hydrogen-bond donors (Lipinski definition) is 0. The van der Waals surface area contributed by atoms with Gasteiger partial charge in [0.2, 0.25) is 0 Å². The molecule has 0 aromatic rings. The zero-order valence-corrected chi connectivity index (χ0v) is 32.3. The summed E-state index contributed by atoms with van der Waals surface area (Å²) in [6.45, 7) is 0. The van der Waals surface area contributed by atoms with E-state index in [1.165, 1.54) is 0 Å². The molecule has 0 heteroatoms. The first kappa shape index (κ1) is 33.6. The van der Waals surface area contributed by atoms with Crippen LogP contribution in [0.15, 0.2) is 0 Å². The fourth-order valence-corrected chi connectivity index (χ4v) is 18.5. The molecular weight excluding hydrogens is 589 g/mol. The molecule has 0 spiro atoms. The van der Waals surface area contributed by atoms with Crippen molar-refractivity contribution in [2.24, 2.45) is 107 Å². The Bertz CT molecular complexity index is 1080. The molecule has 0 amide bonds. The van der Waals surface area contributed by atoms with Crippen molar-refractivity contribution in [3.8, 4) is 0 Å². The van der Waals surface area contributed by atoms with Crippen molar-refractivity contribution in [3.05, 3.63) is 0 Å². The van der Waals surface area contributed by atoms with E-state index in [4.69, 9.17) is 0 Å². The molecule has 0 aliphatic heterocycles.